The maximum absolute atomic E-state index is 12.8. The number of anilines is 1. The number of nitrogens with zero attached hydrogens (tertiary/aromatic N) is 3. The van der Waals surface area contributed by atoms with Gasteiger partial charge in [0.15, 0.2) is 0 Å². The van der Waals surface area contributed by atoms with Crippen molar-refractivity contribution < 1.29 is 4.79 Å². The molecule has 0 spiro atoms. The lowest BCUT2D eigenvalue weighted by molar-refractivity contribution is 0.102. The zero-order valence-corrected chi connectivity index (χ0v) is 14.4. The maximum atomic E-state index is 12.8. The van der Waals surface area contributed by atoms with Crippen molar-refractivity contribution >= 4 is 22.6 Å². The fraction of sp³-hybridized carbons (Fsp3) is 0.0952. The van der Waals surface area contributed by atoms with Crippen LogP contribution in [0.5, 0.6) is 0 Å². The van der Waals surface area contributed by atoms with Gasteiger partial charge in [-0.2, -0.15) is 5.10 Å². The van der Waals surface area contributed by atoms with Gasteiger partial charge >= 0.3 is 0 Å². The van der Waals surface area contributed by atoms with Gasteiger partial charge < -0.3 is 5.32 Å². The van der Waals surface area contributed by atoms with Crippen LogP contribution < -0.4 is 5.32 Å². The molecule has 4 aromatic rings. The SMILES string of the molecule is CCc1c(C(=O)Nc2ccc3ccccc3n2)cnn1-c1ccccc1. The fourth-order valence-electron chi connectivity index (χ4n) is 3.01. The van der Waals surface area contributed by atoms with Crippen LogP contribution in [0.25, 0.3) is 16.6 Å². The topological polar surface area (TPSA) is 59.8 Å². The molecule has 5 heteroatoms. The minimum absolute atomic E-state index is 0.202. The van der Waals surface area contributed by atoms with Crippen LogP contribution >= 0.6 is 0 Å². The van der Waals surface area contributed by atoms with Gasteiger partial charge in [0.2, 0.25) is 0 Å². The van der Waals surface area contributed by atoms with E-state index in [1.165, 1.54) is 0 Å². The van der Waals surface area contributed by atoms with Crippen LogP contribution in [0.1, 0.15) is 23.0 Å². The molecule has 2 heterocycles. The largest absolute Gasteiger partial charge is 0.306 e. The zero-order valence-electron chi connectivity index (χ0n) is 14.4. The highest BCUT2D eigenvalue weighted by atomic mass is 16.1. The Morgan fingerprint density at radius 2 is 1.77 bits per heavy atom. The van der Waals surface area contributed by atoms with Gasteiger partial charge in [0.1, 0.15) is 5.82 Å². The standard InChI is InChI=1S/C21H18N4O/c1-2-19-17(14-22-25(19)16-9-4-3-5-10-16)21(26)24-20-13-12-15-8-6-7-11-18(15)23-20/h3-14H,2H2,1H3,(H,23,24,26). The van der Waals surface area contributed by atoms with Crippen molar-refractivity contribution in [3.63, 3.8) is 0 Å². The summed E-state index contributed by atoms with van der Waals surface area (Å²) in [5, 5.41) is 8.33. The molecule has 0 atom stereocenters. The number of amides is 1. The Kier molecular flexibility index (Phi) is 4.19. The molecule has 2 aromatic carbocycles. The van der Waals surface area contributed by atoms with E-state index in [0.717, 1.165) is 22.3 Å². The number of aromatic nitrogens is 3. The van der Waals surface area contributed by atoms with Crippen molar-refractivity contribution in [1.82, 2.24) is 14.8 Å². The number of benzene rings is 2. The molecule has 2 aromatic heterocycles. The van der Waals surface area contributed by atoms with Crippen molar-refractivity contribution in [2.24, 2.45) is 0 Å². The molecule has 0 bridgehead atoms. The number of rotatable bonds is 4. The van der Waals surface area contributed by atoms with Gasteiger partial charge in [-0.3, -0.25) is 4.79 Å². The summed E-state index contributed by atoms with van der Waals surface area (Å²) in [7, 11) is 0. The van der Waals surface area contributed by atoms with E-state index in [-0.39, 0.29) is 5.91 Å². The molecule has 0 radical (unpaired) electrons. The summed E-state index contributed by atoms with van der Waals surface area (Å²) in [6, 6.07) is 21.4. The van der Waals surface area contributed by atoms with E-state index in [1.807, 2.05) is 78.3 Å². The Balaban J connectivity index is 1.64. The minimum Gasteiger partial charge on any atom is -0.306 e. The third-order valence-corrected chi connectivity index (χ3v) is 4.29. The summed E-state index contributed by atoms with van der Waals surface area (Å²) < 4.78 is 1.81. The van der Waals surface area contributed by atoms with E-state index >= 15 is 0 Å². The predicted octanol–water partition coefficient (Wildman–Crippen LogP) is 4.24. The quantitative estimate of drug-likeness (QED) is 0.603. The first kappa shape index (κ1) is 16.0. The lowest BCUT2D eigenvalue weighted by Gasteiger charge is -2.08. The molecule has 0 aliphatic carbocycles. The molecular weight excluding hydrogens is 324 g/mol. The first-order valence-electron chi connectivity index (χ1n) is 8.55. The Labute approximate surface area is 151 Å². The van der Waals surface area contributed by atoms with E-state index in [0.29, 0.717) is 17.8 Å². The third-order valence-electron chi connectivity index (χ3n) is 4.29. The molecule has 0 saturated carbocycles. The summed E-state index contributed by atoms with van der Waals surface area (Å²) in [6.07, 6.45) is 2.31. The minimum atomic E-state index is -0.202. The van der Waals surface area contributed by atoms with E-state index < -0.39 is 0 Å². The summed E-state index contributed by atoms with van der Waals surface area (Å²) in [6.45, 7) is 2.02. The molecular formula is C21H18N4O. The Morgan fingerprint density at radius 3 is 2.58 bits per heavy atom. The molecule has 0 fully saturated rings. The molecule has 0 unspecified atom stereocenters. The molecule has 1 amide bonds. The number of carbonyl (C=O) groups is 1. The molecule has 26 heavy (non-hydrogen) atoms. The van der Waals surface area contributed by atoms with Crippen molar-refractivity contribution in [3.05, 3.63) is 84.2 Å². The number of nitrogens with one attached hydrogen (secondary N) is 1. The second kappa shape index (κ2) is 6.80. The second-order valence-corrected chi connectivity index (χ2v) is 5.95. The predicted molar refractivity (Wildman–Crippen MR) is 103 cm³/mol. The number of hydrogen-bond donors (Lipinski definition) is 1. The van der Waals surface area contributed by atoms with Crippen molar-refractivity contribution in [1.29, 1.82) is 0 Å². The Morgan fingerprint density at radius 1 is 1.00 bits per heavy atom. The molecule has 0 aliphatic rings. The van der Waals surface area contributed by atoms with Crippen molar-refractivity contribution in [3.8, 4) is 5.69 Å². The van der Waals surface area contributed by atoms with Gasteiger partial charge in [0, 0.05) is 5.39 Å². The first-order valence-corrected chi connectivity index (χ1v) is 8.55. The maximum Gasteiger partial charge on any atom is 0.260 e. The average molecular weight is 342 g/mol. The number of carbonyl (C=O) groups excluding carboxylic acids is 1. The first-order chi connectivity index (χ1) is 12.8. The molecule has 4 rings (SSSR count). The number of pyridine rings is 1. The van der Waals surface area contributed by atoms with Crippen LogP contribution in [-0.4, -0.2) is 20.7 Å². The Hall–Kier alpha value is -3.47. The van der Waals surface area contributed by atoms with Crippen molar-refractivity contribution in [2.45, 2.75) is 13.3 Å². The summed E-state index contributed by atoms with van der Waals surface area (Å²) in [5.74, 6) is 0.329. The number of para-hydroxylation sites is 2. The molecule has 5 nitrogen and oxygen atoms in total. The Bertz CT molecular complexity index is 1070. The van der Waals surface area contributed by atoms with E-state index in [2.05, 4.69) is 15.4 Å². The van der Waals surface area contributed by atoms with Gasteiger partial charge in [-0.25, -0.2) is 9.67 Å². The van der Waals surface area contributed by atoms with Gasteiger partial charge in [-0.05, 0) is 36.8 Å². The monoisotopic (exact) mass is 342 g/mol. The highest BCUT2D eigenvalue weighted by Crippen LogP contribution is 2.18. The van der Waals surface area contributed by atoms with E-state index in [9.17, 15) is 4.79 Å². The van der Waals surface area contributed by atoms with Crippen LogP contribution in [0.2, 0.25) is 0 Å². The van der Waals surface area contributed by atoms with Crippen LogP contribution in [-0.2, 0) is 6.42 Å². The third kappa shape index (κ3) is 2.95. The van der Waals surface area contributed by atoms with Crippen molar-refractivity contribution in [2.75, 3.05) is 5.32 Å². The smallest absolute Gasteiger partial charge is 0.260 e. The average Bonchev–Trinajstić information content (AvgIpc) is 3.13. The summed E-state index contributed by atoms with van der Waals surface area (Å²) in [5.41, 5.74) is 3.22. The van der Waals surface area contributed by atoms with Crippen LogP contribution in [0.3, 0.4) is 0 Å². The van der Waals surface area contributed by atoms with Crippen LogP contribution in [0, 0.1) is 0 Å². The highest BCUT2D eigenvalue weighted by Gasteiger charge is 2.17. The van der Waals surface area contributed by atoms with Gasteiger partial charge in [-0.15, -0.1) is 0 Å². The summed E-state index contributed by atoms with van der Waals surface area (Å²) in [4.78, 5) is 17.3. The molecule has 128 valence electrons. The number of hydrogen-bond acceptors (Lipinski definition) is 3. The normalized spacial score (nSPS) is 10.8. The summed E-state index contributed by atoms with van der Waals surface area (Å²) >= 11 is 0. The van der Waals surface area contributed by atoms with Crippen LogP contribution in [0.4, 0.5) is 5.82 Å². The second-order valence-electron chi connectivity index (χ2n) is 5.95. The molecule has 1 N–H and O–H groups in total. The number of fused-ring (bicyclic) bond motifs is 1. The van der Waals surface area contributed by atoms with E-state index in [4.69, 9.17) is 0 Å². The molecule has 0 saturated heterocycles. The van der Waals surface area contributed by atoms with E-state index in [1.54, 1.807) is 6.20 Å². The van der Waals surface area contributed by atoms with Gasteiger partial charge in [0.05, 0.1) is 28.7 Å². The van der Waals surface area contributed by atoms with Gasteiger partial charge in [-0.1, -0.05) is 43.3 Å². The molecule has 0 aliphatic heterocycles. The van der Waals surface area contributed by atoms with Crippen LogP contribution in [0.15, 0.2) is 72.9 Å². The fourth-order valence-corrected chi connectivity index (χ4v) is 3.01. The highest BCUT2D eigenvalue weighted by molar-refractivity contribution is 6.05. The lowest BCUT2D eigenvalue weighted by Crippen LogP contribution is -2.15. The lowest BCUT2D eigenvalue weighted by atomic mass is 10.2. The zero-order chi connectivity index (χ0) is 17.9. The van der Waals surface area contributed by atoms with Gasteiger partial charge in [0.25, 0.3) is 5.91 Å².